The zero-order valence-corrected chi connectivity index (χ0v) is 19.6. The minimum atomic E-state index is -2.27. The van der Waals surface area contributed by atoms with E-state index in [1.165, 1.54) is 0 Å². The highest BCUT2D eigenvalue weighted by Gasteiger charge is 2.54. The summed E-state index contributed by atoms with van der Waals surface area (Å²) in [7, 11) is -0.122. The largest absolute Gasteiger partial charge is 0.432 e. The van der Waals surface area contributed by atoms with Crippen molar-refractivity contribution in [3.05, 3.63) is 0 Å². The number of hydrogen-bond donors (Lipinski definition) is 1. The van der Waals surface area contributed by atoms with Crippen LogP contribution in [0.15, 0.2) is 0 Å². The molecule has 154 valence electrons. The quantitative estimate of drug-likeness (QED) is 0.410. The van der Waals surface area contributed by atoms with Crippen molar-refractivity contribution in [2.75, 3.05) is 19.8 Å². The standard InChI is InChI=1S/C20H43BO4Si/c1-8-10-12-23-15-20(5)17(24-13-11-9-2)16(18(21)25-20)14-19(3,4)26(6,7)22/h16-18,22H,8-15,21H2,1-7H3/t16?,17?,18-,20-/m1/s1. The van der Waals surface area contributed by atoms with Gasteiger partial charge in [0.1, 0.15) is 13.4 Å². The Morgan fingerprint density at radius 1 is 1.15 bits per heavy atom. The molecule has 1 heterocycles. The van der Waals surface area contributed by atoms with E-state index in [1.807, 2.05) is 13.1 Å². The Morgan fingerprint density at radius 2 is 1.73 bits per heavy atom. The van der Waals surface area contributed by atoms with Gasteiger partial charge in [0, 0.05) is 25.1 Å². The van der Waals surface area contributed by atoms with E-state index in [0.29, 0.717) is 6.61 Å². The Bertz CT molecular complexity index is 413. The van der Waals surface area contributed by atoms with E-state index < -0.39 is 13.9 Å². The van der Waals surface area contributed by atoms with Gasteiger partial charge in [-0.3, -0.25) is 0 Å². The van der Waals surface area contributed by atoms with Crippen molar-refractivity contribution in [3.63, 3.8) is 0 Å². The molecular formula is C20H43BO4Si. The van der Waals surface area contributed by atoms with Gasteiger partial charge < -0.3 is 19.0 Å². The molecular weight excluding hydrogens is 343 g/mol. The second-order valence-corrected chi connectivity index (χ2v) is 14.0. The lowest BCUT2D eigenvalue weighted by molar-refractivity contribution is -0.123. The predicted molar refractivity (Wildman–Crippen MR) is 114 cm³/mol. The third-order valence-corrected chi connectivity index (χ3v) is 9.79. The Morgan fingerprint density at radius 3 is 2.27 bits per heavy atom. The van der Waals surface area contributed by atoms with E-state index in [9.17, 15) is 4.80 Å². The fourth-order valence-corrected chi connectivity index (χ4v) is 4.42. The van der Waals surface area contributed by atoms with Gasteiger partial charge in [0.15, 0.2) is 8.32 Å². The van der Waals surface area contributed by atoms with Crippen LogP contribution in [-0.4, -0.2) is 58.5 Å². The summed E-state index contributed by atoms with van der Waals surface area (Å²) < 4.78 is 18.8. The first-order valence-electron chi connectivity index (χ1n) is 10.6. The van der Waals surface area contributed by atoms with Gasteiger partial charge in [-0.1, -0.05) is 40.5 Å². The normalized spacial score (nSPS) is 30.1. The molecule has 0 aromatic carbocycles. The van der Waals surface area contributed by atoms with E-state index in [0.717, 1.165) is 45.3 Å². The number of rotatable bonds is 12. The summed E-state index contributed by atoms with van der Waals surface area (Å²) in [5.41, 5.74) is -0.414. The molecule has 1 fully saturated rings. The zero-order chi connectivity index (χ0) is 20.0. The summed E-state index contributed by atoms with van der Waals surface area (Å²) in [5.74, 6) is 0.278. The van der Waals surface area contributed by atoms with Crippen LogP contribution >= 0.6 is 0 Å². The maximum atomic E-state index is 10.8. The molecule has 4 nitrogen and oxygen atoms in total. The first kappa shape index (κ1) is 24.2. The monoisotopic (exact) mass is 386 g/mol. The van der Waals surface area contributed by atoms with Gasteiger partial charge in [0.05, 0.1) is 12.7 Å². The minimum absolute atomic E-state index is 0.0151. The van der Waals surface area contributed by atoms with E-state index in [-0.39, 0.29) is 23.1 Å². The van der Waals surface area contributed by atoms with Crippen LogP contribution in [0.5, 0.6) is 0 Å². The minimum Gasteiger partial charge on any atom is -0.432 e. The molecule has 0 spiro atoms. The molecule has 4 atom stereocenters. The molecule has 0 aliphatic carbocycles. The third kappa shape index (κ3) is 6.33. The smallest absolute Gasteiger partial charge is 0.188 e. The lowest BCUT2D eigenvalue weighted by atomic mass is 9.77. The summed E-state index contributed by atoms with van der Waals surface area (Å²) in [5, 5.41) is -0.0873. The molecule has 1 N–H and O–H groups in total. The molecule has 6 heteroatoms. The first-order valence-corrected chi connectivity index (χ1v) is 13.5. The van der Waals surface area contributed by atoms with Crippen LogP contribution in [0.3, 0.4) is 0 Å². The average molecular weight is 386 g/mol. The highest BCUT2D eigenvalue weighted by atomic mass is 28.4. The molecule has 2 unspecified atom stereocenters. The van der Waals surface area contributed by atoms with Crippen molar-refractivity contribution in [3.8, 4) is 0 Å². The van der Waals surface area contributed by atoms with E-state index in [4.69, 9.17) is 14.2 Å². The van der Waals surface area contributed by atoms with E-state index >= 15 is 0 Å². The van der Waals surface area contributed by atoms with Crippen molar-refractivity contribution in [1.82, 2.24) is 0 Å². The zero-order valence-electron chi connectivity index (χ0n) is 18.6. The predicted octanol–water partition coefficient (Wildman–Crippen LogP) is 3.72. The second kappa shape index (κ2) is 10.1. The van der Waals surface area contributed by atoms with Crippen molar-refractivity contribution < 1.29 is 19.0 Å². The summed E-state index contributed by atoms with van der Waals surface area (Å²) >= 11 is 0. The van der Waals surface area contributed by atoms with E-state index in [2.05, 4.69) is 42.5 Å². The lowest BCUT2D eigenvalue weighted by Gasteiger charge is -2.40. The highest BCUT2D eigenvalue weighted by Crippen LogP contribution is 2.48. The number of unbranched alkanes of at least 4 members (excludes halogenated alkanes) is 2. The Kier molecular flexibility index (Phi) is 9.35. The Balaban J connectivity index is 2.92. The fourth-order valence-electron chi connectivity index (χ4n) is 3.68. The van der Waals surface area contributed by atoms with Crippen LogP contribution in [0.4, 0.5) is 0 Å². The summed E-state index contributed by atoms with van der Waals surface area (Å²) in [6.45, 7) is 17.1. The van der Waals surface area contributed by atoms with E-state index in [1.54, 1.807) is 0 Å². The molecule has 0 bridgehead atoms. The summed E-state index contributed by atoms with van der Waals surface area (Å²) in [4.78, 5) is 10.8. The van der Waals surface area contributed by atoms with Crippen LogP contribution < -0.4 is 0 Å². The van der Waals surface area contributed by atoms with Gasteiger partial charge in [0.2, 0.25) is 0 Å². The Labute approximate surface area is 163 Å². The maximum absolute atomic E-state index is 10.8. The topological polar surface area (TPSA) is 47.9 Å². The van der Waals surface area contributed by atoms with Crippen molar-refractivity contribution in [2.45, 2.75) is 103 Å². The van der Waals surface area contributed by atoms with Gasteiger partial charge in [0.25, 0.3) is 0 Å². The molecule has 1 aliphatic heterocycles. The number of ether oxygens (including phenoxy) is 3. The molecule has 1 aliphatic rings. The van der Waals surface area contributed by atoms with Gasteiger partial charge in [-0.25, -0.2) is 0 Å². The second-order valence-electron chi connectivity index (χ2n) is 9.50. The van der Waals surface area contributed by atoms with Crippen molar-refractivity contribution in [1.29, 1.82) is 0 Å². The molecule has 0 amide bonds. The van der Waals surface area contributed by atoms with Crippen LogP contribution in [0, 0.1) is 5.92 Å². The molecule has 26 heavy (non-hydrogen) atoms. The maximum Gasteiger partial charge on any atom is 0.188 e. The third-order valence-electron chi connectivity index (χ3n) is 6.28. The molecule has 0 saturated carbocycles. The van der Waals surface area contributed by atoms with Gasteiger partial charge in [-0.2, -0.15) is 0 Å². The lowest BCUT2D eigenvalue weighted by Crippen LogP contribution is -2.47. The SMILES string of the molecule is B[C@@H]1O[C@](C)(COCCCC)C(OCCCC)C1CC(C)(C)[Si](C)(C)O. The van der Waals surface area contributed by atoms with Gasteiger partial charge in [-0.15, -0.1) is 0 Å². The van der Waals surface area contributed by atoms with Crippen molar-refractivity contribution in [2.24, 2.45) is 5.92 Å². The van der Waals surface area contributed by atoms with Crippen LogP contribution in [-0.2, 0) is 14.2 Å². The fraction of sp³-hybridized carbons (Fsp3) is 1.00. The van der Waals surface area contributed by atoms with Crippen LogP contribution in [0.1, 0.15) is 66.7 Å². The van der Waals surface area contributed by atoms with Crippen molar-refractivity contribution >= 4 is 16.2 Å². The molecule has 1 rings (SSSR count). The Hall–Kier alpha value is 0.122. The van der Waals surface area contributed by atoms with Crippen LogP contribution in [0.2, 0.25) is 18.1 Å². The molecule has 0 aromatic rings. The molecule has 0 aromatic heterocycles. The number of hydrogen-bond acceptors (Lipinski definition) is 4. The molecule has 0 radical (unpaired) electrons. The van der Waals surface area contributed by atoms with Gasteiger partial charge >= 0.3 is 0 Å². The highest BCUT2D eigenvalue weighted by molar-refractivity contribution is 6.72. The summed E-state index contributed by atoms with van der Waals surface area (Å²) in [6.07, 6.45) is 5.34. The van der Waals surface area contributed by atoms with Gasteiger partial charge in [-0.05, 0) is 44.3 Å². The van der Waals surface area contributed by atoms with Crippen LogP contribution in [0.25, 0.3) is 0 Å². The summed E-state index contributed by atoms with van der Waals surface area (Å²) in [6, 6.07) is 0.108. The average Bonchev–Trinajstić information content (AvgIpc) is 2.74. The first-order chi connectivity index (χ1) is 12.0. The molecule has 1 saturated heterocycles.